The number of hydrogen-bond acceptors (Lipinski definition) is 5. The fourth-order valence-electron chi connectivity index (χ4n) is 7.57. The van der Waals surface area contributed by atoms with Crippen molar-refractivity contribution in [3.8, 4) is 0 Å². The van der Waals surface area contributed by atoms with Gasteiger partial charge in [0.1, 0.15) is 0 Å². The van der Waals surface area contributed by atoms with Crippen molar-refractivity contribution in [2.75, 3.05) is 19.7 Å². The Morgan fingerprint density at radius 3 is 1.43 bits per heavy atom. The second-order valence-corrected chi connectivity index (χ2v) is 16.0. The Morgan fingerprint density at radius 2 is 0.961 bits per heavy atom. The molecule has 0 aromatic heterocycles. The summed E-state index contributed by atoms with van der Waals surface area (Å²) in [5.74, 6) is 0.740. The van der Waals surface area contributed by atoms with E-state index in [0.717, 1.165) is 32.2 Å². The van der Waals surface area contributed by atoms with Gasteiger partial charge in [-0.2, -0.15) is 0 Å². The smallest absolute Gasteiger partial charge is 0.305 e. The molecule has 1 N–H and O–H groups in total. The number of aliphatic imine (C=N–C) groups is 1. The lowest BCUT2D eigenvalue weighted by Crippen LogP contribution is -2.35. The molecule has 0 fully saturated rings. The van der Waals surface area contributed by atoms with Gasteiger partial charge in [-0.05, 0) is 39.0 Å². The van der Waals surface area contributed by atoms with Crippen LogP contribution in [-0.2, 0) is 14.3 Å². The highest BCUT2D eigenvalue weighted by Crippen LogP contribution is 2.19. The molecular formula is C45H86N2O4. The molecule has 0 aromatic carbocycles. The Balaban J connectivity index is 1.83. The highest BCUT2D eigenvalue weighted by Gasteiger charge is 2.22. The third kappa shape index (κ3) is 31.6. The summed E-state index contributed by atoms with van der Waals surface area (Å²) >= 11 is 0. The van der Waals surface area contributed by atoms with Gasteiger partial charge in [0, 0.05) is 31.8 Å². The molecular weight excluding hydrogens is 633 g/mol. The average Bonchev–Trinajstić information content (AvgIpc) is 3.47. The van der Waals surface area contributed by atoms with Gasteiger partial charge in [-0.15, -0.1) is 0 Å². The van der Waals surface area contributed by atoms with Crippen LogP contribution >= 0.6 is 0 Å². The summed E-state index contributed by atoms with van der Waals surface area (Å²) in [6, 6.07) is 0.586. The van der Waals surface area contributed by atoms with Gasteiger partial charge >= 0.3 is 11.9 Å². The Bertz CT molecular complexity index is 816. The van der Waals surface area contributed by atoms with Crippen molar-refractivity contribution in [2.24, 2.45) is 4.99 Å². The van der Waals surface area contributed by atoms with Gasteiger partial charge in [0.2, 0.25) is 0 Å². The van der Waals surface area contributed by atoms with Crippen LogP contribution in [0.2, 0.25) is 0 Å². The number of carboxylic acid groups (broad SMARTS) is 1. The molecule has 0 saturated heterocycles. The molecule has 1 heterocycles. The minimum Gasteiger partial charge on any atom is -0.481 e. The summed E-state index contributed by atoms with van der Waals surface area (Å²) in [6.45, 7) is 7.41. The van der Waals surface area contributed by atoms with E-state index in [4.69, 9.17) is 14.8 Å². The number of hydrogen-bond donors (Lipinski definition) is 1. The fourth-order valence-corrected chi connectivity index (χ4v) is 7.57. The predicted octanol–water partition coefficient (Wildman–Crippen LogP) is 13.8. The van der Waals surface area contributed by atoms with Crippen LogP contribution in [0.4, 0.5) is 0 Å². The molecule has 51 heavy (non-hydrogen) atoms. The first kappa shape index (κ1) is 47.4. The first-order valence-electron chi connectivity index (χ1n) is 22.7. The summed E-state index contributed by atoms with van der Waals surface area (Å²) in [6.07, 6.45) is 44.5. The van der Waals surface area contributed by atoms with Gasteiger partial charge in [-0.3, -0.25) is 14.6 Å². The molecule has 300 valence electrons. The second-order valence-electron chi connectivity index (χ2n) is 16.0. The maximum atomic E-state index is 11.9. The highest BCUT2D eigenvalue weighted by molar-refractivity contribution is 5.84. The van der Waals surface area contributed by atoms with Crippen molar-refractivity contribution in [1.82, 2.24) is 4.90 Å². The summed E-state index contributed by atoms with van der Waals surface area (Å²) in [5, 5.41) is 8.69. The van der Waals surface area contributed by atoms with Crippen molar-refractivity contribution < 1.29 is 19.4 Å². The van der Waals surface area contributed by atoms with Crippen LogP contribution in [0.15, 0.2) is 4.99 Å². The number of carbonyl (C=O) groups is 2. The Morgan fingerprint density at radius 1 is 0.569 bits per heavy atom. The Labute approximate surface area is 317 Å². The maximum Gasteiger partial charge on any atom is 0.305 e. The number of nitrogens with zero attached hydrogens (tertiary/aromatic N) is 2. The molecule has 6 nitrogen and oxygen atoms in total. The first-order valence-corrected chi connectivity index (χ1v) is 22.7. The minimum absolute atomic E-state index is 0.0127. The van der Waals surface area contributed by atoms with E-state index in [1.165, 1.54) is 205 Å². The summed E-state index contributed by atoms with van der Waals surface area (Å²) in [4.78, 5) is 30.0. The normalized spacial score (nSPS) is 14.4. The SMILES string of the molecule is CCCCCCCCCCOC(=O)CCCCCCCCCCCCCCCN1C(CCCCCCCCCCCCCCC(=O)O)=NCC1C. The zero-order chi connectivity index (χ0) is 36.9. The molecule has 1 aliphatic rings. The number of unbranched alkanes of at least 4 members (excludes halogenated alkanes) is 30. The number of aliphatic carboxylic acids is 1. The van der Waals surface area contributed by atoms with E-state index < -0.39 is 5.97 Å². The fraction of sp³-hybridized carbons (Fsp3) is 0.933. The molecule has 0 spiro atoms. The molecule has 1 atom stereocenters. The molecule has 1 unspecified atom stereocenters. The molecule has 1 aliphatic heterocycles. The zero-order valence-electron chi connectivity index (χ0n) is 34.2. The van der Waals surface area contributed by atoms with Gasteiger partial charge in [0.15, 0.2) is 0 Å². The van der Waals surface area contributed by atoms with Gasteiger partial charge in [-0.25, -0.2) is 0 Å². The maximum absolute atomic E-state index is 11.9. The van der Waals surface area contributed by atoms with Crippen LogP contribution in [0.25, 0.3) is 0 Å². The number of rotatable bonds is 40. The highest BCUT2D eigenvalue weighted by atomic mass is 16.5. The molecule has 0 bridgehead atoms. The Kier molecular flexibility index (Phi) is 34.2. The minimum atomic E-state index is -0.659. The van der Waals surface area contributed by atoms with E-state index in [2.05, 4.69) is 18.7 Å². The predicted molar refractivity (Wildman–Crippen MR) is 219 cm³/mol. The van der Waals surface area contributed by atoms with Gasteiger partial charge < -0.3 is 14.7 Å². The standard InChI is InChI=1S/C45H86N2O4/c1-3-4-5-6-7-25-30-35-40-51-45(50)38-33-28-23-19-15-9-8-12-16-20-24-29-34-39-47-42(2)41-46-43(47)36-31-26-21-17-13-10-11-14-18-22-27-32-37-44(48)49/h42H,3-41H2,1-2H3,(H,48,49). The van der Waals surface area contributed by atoms with E-state index in [1.54, 1.807) is 0 Å². The van der Waals surface area contributed by atoms with E-state index in [0.29, 0.717) is 25.5 Å². The Hall–Kier alpha value is -1.59. The van der Waals surface area contributed by atoms with Crippen molar-refractivity contribution in [3.63, 3.8) is 0 Å². The third-order valence-electron chi connectivity index (χ3n) is 11.0. The van der Waals surface area contributed by atoms with Crippen LogP contribution in [0.1, 0.15) is 245 Å². The van der Waals surface area contributed by atoms with E-state index in [9.17, 15) is 9.59 Å². The topological polar surface area (TPSA) is 79.2 Å². The van der Waals surface area contributed by atoms with Crippen LogP contribution in [0, 0.1) is 0 Å². The third-order valence-corrected chi connectivity index (χ3v) is 11.0. The largest absolute Gasteiger partial charge is 0.481 e. The number of carboxylic acids is 1. The van der Waals surface area contributed by atoms with E-state index in [1.807, 2.05) is 0 Å². The van der Waals surface area contributed by atoms with E-state index in [-0.39, 0.29) is 5.97 Å². The summed E-state index contributed by atoms with van der Waals surface area (Å²) in [7, 11) is 0. The number of carbonyl (C=O) groups excluding carboxylic acids is 1. The van der Waals surface area contributed by atoms with Crippen LogP contribution in [-0.4, -0.2) is 53.5 Å². The molecule has 0 amide bonds. The van der Waals surface area contributed by atoms with Crippen molar-refractivity contribution in [1.29, 1.82) is 0 Å². The first-order chi connectivity index (χ1) is 25.0. The molecule has 0 saturated carbocycles. The quantitative estimate of drug-likeness (QED) is 0.0504. The average molecular weight is 719 g/mol. The van der Waals surface area contributed by atoms with Gasteiger partial charge in [-0.1, -0.05) is 187 Å². The number of esters is 1. The molecule has 0 aromatic rings. The number of ether oxygens (including phenoxy) is 1. The molecule has 0 aliphatic carbocycles. The van der Waals surface area contributed by atoms with Crippen molar-refractivity contribution in [3.05, 3.63) is 0 Å². The summed E-state index contributed by atoms with van der Waals surface area (Å²) < 4.78 is 5.42. The lowest BCUT2D eigenvalue weighted by atomic mass is 10.0. The van der Waals surface area contributed by atoms with Crippen LogP contribution in [0.5, 0.6) is 0 Å². The molecule has 6 heteroatoms. The lowest BCUT2D eigenvalue weighted by molar-refractivity contribution is -0.144. The second kappa shape index (κ2) is 36.8. The zero-order valence-corrected chi connectivity index (χ0v) is 34.2. The monoisotopic (exact) mass is 719 g/mol. The summed E-state index contributed by atoms with van der Waals surface area (Å²) in [5.41, 5.74) is 0. The van der Waals surface area contributed by atoms with Crippen LogP contribution < -0.4 is 0 Å². The van der Waals surface area contributed by atoms with Crippen molar-refractivity contribution >= 4 is 17.8 Å². The van der Waals surface area contributed by atoms with Crippen molar-refractivity contribution in [2.45, 2.75) is 251 Å². The molecule has 0 radical (unpaired) electrons. The molecule has 1 rings (SSSR count). The van der Waals surface area contributed by atoms with E-state index >= 15 is 0 Å². The van der Waals surface area contributed by atoms with Gasteiger partial charge in [0.05, 0.1) is 19.0 Å². The van der Waals surface area contributed by atoms with Gasteiger partial charge in [0.25, 0.3) is 0 Å². The lowest BCUT2D eigenvalue weighted by Gasteiger charge is -2.25. The number of amidine groups is 1. The van der Waals surface area contributed by atoms with Crippen LogP contribution in [0.3, 0.4) is 0 Å².